The zero-order valence-corrected chi connectivity index (χ0v) is 13.4. The first-order chi connectivity index (χ1) is 11.3. The summed E-state index contributed by atoms with van der Waals surface area (Å²) < 4.78 is 51.1. The summed E-state index contributed by atoms with van der Waals surface area (Å²) in [6, 6.07) is 8.74. The molecule has 0 spiro atoms. The van der Waals surface area contributed by atoms with Gasteiger partial charge < -0.3 is 10.6 Å². The maximum absolute atomic E-state index is 13.7. The number of hydrogen-bond acceptors (Lipinski definition) is 2. The number of alkyl halides is 3. The lowest BCUT2D eigenvalue weighted by atomic mass is 10.1. The Balaban J connectivity index is 1.96. The number of thioether (sulfide) groups is 1. The van der Waals surface area contributed by atoms with Crippen LogP contribution in [0.5, 0.6) is 0 Å². The van der Waals surface area contributed by atoms with E-state index < -0.39 is 23.6 Å². The molecule has 24 heavy (non-hydrogen) atoms. The van der Waals surface area contributed by atoms with Crippen molar-refractivity contribution in [3.8, 4) is 0 Å². The van der Waals surface area contributed by atoms with E-state index in [2.05, 4.69) is 10.6 Å². The van der Waals surface area contributed by atoms with E-state index in [4.69, 9.17) is 0 Å². The molecule has 0 aliphatic heterocycles. The third-order valence-electron chi connectivity index (χ3n) is 3.15. The molecule has 0 heterocycles. The highest BCUT2D eigenvalue weighted by molar-refractivity contribution is 7.98. The van der Waals surface area contributed by atoms with Crippen molar-refractivity contribution in [1.29, 1.82) is 0 Å². The van der Waals surface area contributed by atoms with Crippen molar-refractivity contribution >= 4 is 23.5 Å². The standard InChI is InChI=1S/C16H14F4N2OS/c1-24-13-4-2-3-12(8-13)22-15(23)21-9-10-5-6-11(7-14(10)17)16(18,19)20/h2-8H,9H2,1H3,(H2,21,22,23). The van der Waals surface area contributed by atoms with Crippen LogP contribution >= 0.6 is 11.8 Å². The number of amides is 2. The monoisotopic (exact) mass is 358 g/mol. The Hall–Kier alpha value is -2.22. The van der Waals surface area contributed by atoms with Gasteiger partial charge in [0.15, 0.2) is 0 Å². The Morgan fingerprint density at radius 3 is 2.54 bits per heavy atom. The Morgan fingerprint density at radius 2 is 1.92 bits per heavy atom. The van der Waals surface area contributed by atoms with Gasteiger partial charge in [0.05, 0.1) is 5.56 Å². The second kappa shape index (κ2) is 7.57. The van der Waals surface area contributed by atoms with Gasteiger partial charge in [0, 0.05) is 22.7 Å². The fourth-order valence-corrected chi connectivity index (χ4v) is 2.38. The number of nitrogens with one attached hydrogen (secondary N) is 2. The number of carbonyl (C=O) groups excluding carboxylic acids is 1. The molecule has 2 N–H and O–H groups in total. The molecule has 3 nitrogen and oxygen atoms in total. The average molecular weight is 358 g/mol. The van der Waals surface area contributed by atoms with Crippen LogP contribution in [-0.4, -0.2) is 12.3 Å². The number of carbonyl (C=O) groups is 1. The van der Waals surface area contributed by atoms with E-state index in [9.17, 15) is 22.4 Å². The van der Waals surface area contributed by atoms with Crippen LogP contribution in [0.4, 0.5) is 28.0 Å². The van der Waals surface area contributed by atoms with Gasteiger partial charge in [-0.05, 0) is 36.6 Å². The number of rotatable bonds is 4. The van der Waals surface area contributed by atoms with Gasteiger partial charge in [-0.25, -0.2) is 9.18 Å². The first-order valence-electron chi connectivity index (χ1n) is 6.84. The molecule has 0 radical (unpaired) electrons. The molecule has 0 bridgehead atoms. The highest BCUT2D eigenvalue weighted by Gasteiger charge is 2.31. The molecule has 0 unspecified atom stereocenters. The third-order valence-corrected chi connectivity index (χ3v) is 3.87. The highest BCUT2D eigenvalue weighted by Crippen LogP contribution is 2.30. The lowest BCUT2D eigenvalue weighted by Gasteiger charge is -2.11. The predicted octanol–water partition coefficient (Wildman–Crippen LogP) is 4.89. The van der Waals surface area contributed by atoms with E-state index in [0.717, 1.165) is 17.0 Å². The number of anilines is 1. The molecule has 0 aliphatic rings. The van der Waals surface area contributed by atoms with E-state index in [1.807, 2.05) is 12.3 Å². The smallest absolute Gasteiger partial charge is 0.334 e. The van der Waals surface area contributed by atoms with Crippen LogP contribution in [0.1, 0.15) is 11.1 Å². The lowest BCUT2D eigenvalue weighted by Crippen LogP contribution is -2.28. The van der Waals surface area contributed by atoms with Gasteiger partial charge in [-0.15, -0.1) is 11.8 Å². The molecule has 0 saturated heterocycles. The first-order valence-corrected chi connectivity index (χ1v) is 8.06. The summed E-state index contributed by atoms with van der Waals surface area (Å²) in [7, 11) is 0. The quantitative estimate of drug-likeness (QED) is 0.604. The fourth-order valence-electron chi connectivity index (χ4n) is 1.92. The zero-order valence-electron chi connectivity index (χ0n) is 12.6. The van der Waals surface area contributed by atoms with Crippen molar-refractivity contribution < 1.29 is 22.4 Å². The van der Waals surface area contributed by atoms with Gasteiger partial charge in [0.25, 0.3) is 0 Å². The summed E-state index contributed by atoms with van der Waals surface area (Å²) in [5, 5.41) is 4.98. The van der Waals surface area contributed by atoms with Crippen molar-refractivity contribution in [1.82, 2.24) is 5.32 Å². The number of urea groups is 1. The topological polar surface area (TPSA) is 41.1 Å². The fraction of sp³-hybridized carbons (Fsp3) is 0.188. The number of halogens is 4. The van der Waals surface area contributed by atoms with Crippen LogP contribution in [0.2, 0.25) is 0 Å². The van der Waals surface area contributed by atoms with Gasteiger partial charge >= 0.3 is 12.2 Å². The molecule has 2 aromatic rings. The minimum absolute atomic E-state index is 0.0315. The van der Waals surface area contributed by atoms with Crippen molar-refractivity contribution in [2.45, 2.75) is 17.6 Å². The Bertz CT molecular complexity index is 734. The van der Waals surface area contributed by atoms with Gasteiger partial charge in [-0.1, -0.05) is 12.1 Å². The maximum atomic E-state index is 13.7. The number of benzene rings is 2. The SMILES string of the molecule is CSc1cccc(NC(=O)NCc2ccc(C(F)(F)F)cc2F)c1. The van der Waals surface area contributed by atoms with Crippen molar-refractivity contribution in [3.63, 3.8) is 0 Å². The van der Waals surface area contributed by atoms with Crippen LogP contribution in [0.3, 0.4) is 0 Å². The second-order valence-electron chi connectivity index (χ2n) is 4.84. The third kappa shape index (κ3) is 4.89. The van der Waals surface area contributed by atoms with Gasteiger partial charge in [0.1, 0.15) is 5.82 Å². The summed E-state index contributed by atoms with van der Waals surface area (Å²) >= 11 is 1.51. The summed E-state index contributed by atoms with van der Waals surface area (Å²) in [5.41, 5.74) is -0.537. The van der Waals surface area contributed by atoms with E-state index >= 15 is 0 Å². The Morgan fingerprint density at radius 1 is 1.17 bits per heavy atom. The highest BCUT2D eigenvalue weighted by atomic mass is 32.2. The van der Waals surface area contributed by atoms with Crippen LogP contribution in [0, 0.1) is 5.82 Å². The van der Waals surface area contributed by atoms with Crippen LogP contribution in [0.15, 0.2) is 47.4 Å². The van der Waals surface area contributed by atoms with Gasteiger partial charge in [0.2, 0.25) is 0 Å². The molecule has 2 rings (SSSR count). The average Bonchev–Trinajstić information content (AvgIpc) is 2.53. The second-order valence-corrected chi connectivity index (χ2v) is 5.72. The molecule has 128 valence electrons. The van der Waals surface area contributed by atoms with E-state index in [-0.39, 0.29) is 12.1 Å². The van der Waals surface area contributed by atoms with Crippen molar-refractivity contribution in [2.24, 2.45) is 0 Å². The minimum atomic E-state index is -4.60. The van der Waals surface area contributed by atoms with Gasteiger partial charge in [-0.3, -0.25) is 0 Å². The van der Waals surface area contributed by atoms with E-state index in [1.54, 1.807) is 18.2 Å². The molecular formula is C16H14F4N2OS. The molecule has 2 amide bonds. The van der Waals surface area contributed by atoms with Crippen LogP contribution in [-0.2, 0) is 12.7 Å². The first kappa shape index (κ1) is 18.1. The normalized spacial score (nSPS) is 11.2. The molecule has 0 fully saturated rings. The Kier molecular flexibility index (Phi) is 5.71. The largest absolute Gasteiger partial charge is 0.416 e. The lowest BCUT2D eigenvalue weighted by molar-refractivity contribution is -0.137. The van der Waals surface area contributed by atoms with Crippen molar-refractivity contribution in [3.05, 3.63) is 59.4 Å². The van der Waals surface area contributed by atoms with E-state index in [0.29, 0.717) is 11.8 Å². The molecule has 0 saturated carbocycles. The van der Waals surface area contributed by atoms with Crippen LogP contribution < -0.4 is 10.6 Å². The summed E-state index contributed by atoms with van der Waals surface area (Å²) in [5.74, 6) is -1.02. The number of hydrogen-bond donors (Lipinski definition) is 2. The molecule has 8 heteroatoms. The zero-order chi connectivity index (χ0) is 17.7. The summed E-state index contributed by atoms with van der Waals surface area (Å²) in [4.78, 5) is 12.8. The molecule has 0 atom stereocenters. The van der Waals surface area contributed by atoms with E-state index in [1.165, 1.54) is 11.8 Å². The minimum Gasteiger partial charge on any atom is -0.334 e. The molecule has 0 aromatic heterocycles. The van der Waals surface area contributed by atoms with Gasteiger partial charge in [-0.2, -0.15) is 13.2 Å². The maximum Gasteiger partial charge on any atom is 0.416 e. The van der Waals surface area contributed by atoms with Crippen LogP contribution in [0.25, 0.3) is 0 Å². The molecule has 2 aromatic carbocycles. The summed E-state index contributed by atoms with van der Waals surface area (Å²) in [6.07, 6.45) is -2.71. The summed E-state index contributed by atoms with van der Waals surface area (Å²) in [6.45, 7) is -0.224. The molecular weight excluding hydrogens is 344 g/mol. The molecule has 0 aliphatic carbocycles. The Labute approximate surface area is 140 Å². The predicted molar refractivity (Wildman–Crippen MR) is 85.5 cm³/mol. The van der Waals surface area contributed by atoms with Crippen molar-refractivity contribution in [2.75, 3.05) is 11.6 Å².